The molecule has 0 saturated carbocycles. The molecule has 20 heavy (non-hydrogen) atoms. The molecule has 1 aliphatic heterocycles. The van der Waals surface area contributed by atoms with Gasteiger partial charge in [-0.05, 0) is 6.07 Å². The van der Waals surface area contributed by atoms with Gasteiger partial charge < -0.3 is 14.8 Å². The number of aromatic nitrogens is 1. The maximum Gasteiger partial charge on any atom is 0.266 e. The van der Waals surface area contributed by atoms with Crippen LogP contribution in [0.4, 0.5) is 0 Å². The summed E-state index contributed by atoms with van der Waals surface area (Å²) in [5.41, 5.74) is -1.68. The maximum atomic E-state index is 12.0. The molecule has 7 nitrogen and oxygen atoms in total. The molecule has 2 rings (SSSR count). The molecule has 3 N–H and O–H groups in total. The van der Waals surface area contributed by atoms with Crippen LogP contribution in [-0.4, -0.2) is 43.9 Å². The highest BCUT2D eigenvalue weighted by molar-refractivity contribution is 7.89. The van der Waals surface area contributed by atoms with E-state index in [0.717, 1.165) is 12.3 Å². The number of sulfonamides is 1. The fourth-order valence-electron chi connectivity index (χ4n) is 1.83. The summed E-state index contributed by atoms with van der Waals surface area (Å²) in [6, 6.07) is 1.07. The molecule has 0 bridgehead atoms. The molecule has 1 saturated heterocycles. The summed E-state index contributed by atoms with van der Waals surface area (Å²) in [4.78, 5) is 13.2. The maximum absolute atomic E-state index is 12.0. The SMILES string of the molecule is O=c1[nH]cc(S(=O)(=O)NCC2(O)CCOCC2)cc1Cl. The Morgan fingerprint density at radius 3 is 2.70 bits per heavy atom. The number of aromatic amines is 1. The number of ether oxygens (including phenoxy) is 1. The number of pyridine rings is 1. The normalized spacial score (nSPS) is 18.9. The van der Waals surface area contributed by atoms with E-state index in [9.17, 15) is 18.3 Å². The first-order chi connectivity index (χ1) is 9.32. The van der Waals surface area contributed by atoms with Crippen LogP contribution in [-0.2, 0) is 14.8 Å². The first-order valence-corrected chi connectivity index (χ1v) is 7.87. The molecule has 0 aromatic carbocycles. The second-order valence-electron chi connectivity index (χ2n) is 4.67. The van der Waals surface area contributed by atoms with Crippen molar-refractivity contribution in [3.05, 3.63) is 27.6 Å². The minimum absolute atomic E-state index is 0.116. The smallest absolute Gasteiger partial charge is 0.266 e. The molecule has 0 spiro atoms. The lowest BCUT2D eigenvalue weighted by molar-refractivity contribution is -0.0588. The zero-order valence-corrected chi connectivity index (χ0v) is 12.1. The van der Waals surface area contributed by atoms with Crippen LogP contribution in [0, 0.1) is 0 Å². The van der Waals surface area contributed by atoms with Crippen LogP contribution in [0.5, 0.6) is 0 Å². The van der Waals surface area contributed by atoms with Crippen LogP contribution in [0.1, 0.15) is 12.8 Å². The van der Waals surface area contributed by atoms with E-state index in [1.54, 1.807) is 0 Å². The fraction of sp³-hybridized carbons (Fsp3) is 0.545. The van der Waals surface area contributed by atoms with Crippen molar-refractivity contribution in [2.24, 2.45) is 0 Å². The third-order valence-electron chi connectivity index (χ3n) is 3.16. The molecule has 112 valence electrons. The van der Waals surface area contributed by atoms with Crippen molar-refractivity contribution in [2.75, 3.05) is 19.8 Å². The Morgan fingerprint density at radius 1 is 1.45 bits per heavy atom. The average Bonchev–Trinajstić information content (AvgIpc) is 2.41. The molecule has 0 atom stereocenters. The van der Waals surface area contributed by atoms with E-state index in [1.165, 1.54) is 0 Å². The van der Waals surface area contributed by atoms with E-state index in [2.05, 4.69) is 9.71 Å². The lowest BCUT2D eigenvalue weighted by atomic mass is 9.95. The van der Waals surface area contributed by atoms with E-state index >= 15 is 0 Å². The molecule has 0 radical (unpaired) electrons. The van der Waals surface area contributed by atoms with Crippen molar-refractivity contribution < 1.29 is 18.3 Å². The van der Waals surface area contributed by atoms with Crippen LogP contribution >= 0.6 is 11.6 Å². The zero-order valence-electron chi connectivity index (χ0n) is 10.6. The summed E-state index contributed by atoms with van der Waals surface area (Å²) < 4.78 is 31.5. The molecule has 9 heteroatoms. The van der Waals surface area contributed by atoms with Gasteiger partial charge in [0.15, 0.2) is 0 Å². The molecule has 1 aromatic rings. The van der Waals surface area contributed by atoms with Crippen LogP contribution in [0.3, 0.4) is 0 Å². The van der Waals surface area contributed by atoms with E-state index in [4.69, 9.17) is 16.3 Å². The lowest BCUT2D eigenvalue weighted by Crippen LogP contribution is -2.46. The molecular weight excluding hydrogens is 308 g/mol. The van der Waals surface area contributed by atoms with Gasteiger partial charge in [0.25, 0.3) is 5.56 Å². The Morgan fingerprint density at radius 2 is 2.10 bits per heavy atom. The molecule has 0 amide bonds. The standard InChI is InChI=1S/C11H15ClN2O5S/c12-9-5-8(6-13-10(9)15)20(17,18)14-7-11(16)1-3-19-4-2-11/h5-6,14,16H,1-4,7H2,(H,13,15). The molecule has 1 fully saturated rings. The summed E-state index contributed by atoms with van der Waals surface area (Å²) >= 11 is 5.59. The van der Waals surface area contributed by atoms with E-state index in [1.807, 2.05) is 0 Å². The van der Waals surface area contributed by atoms with Crippen molar-refractivity contribution in [3.8, 4) is 0 Å². The highest BCUT2D eigenvalue weighted by Gasteiger charge is 2.31. The van der Waals surface area contributed by atoms with Gasteiger partial charge in [-0.25, -0.2) is 13.1 Å². The number of halogens is 1. The first-order valence-electron chi connectivity index (χ1n) is 6.00. The number of nitrogens with one attached hydrogen (secondary N) is 2. The molecule has 0 aliphatic carbocycles. The zero-order chi connectivity index (χ0) is 14.8. The van der Waals surface area contributed by atoms with Gasteiger partial charge >= 0.3 is 0 Å². The van der Waals surface area contributed by atoms with Crippen molar-refractivity contribution in [1.82, 2.24) is 9.71 Å². The van der Waals surface area contributed by atoms with Gasteiger partial charge in [0.1, 0.15) is 5.02 Å². The van der Waals surface area contributed by atoms with Gasteiger partial charge in [0, 0.05) is 38.8 Å². The largest absolute Gasteiger partial charge is 0.388 e. The second kappa shape index (κ2) is 5.82. The third kappa shape index (κ3) is 3.58. The first kappa shape index (κ1) is 15.5. The number of H-pyrrole nitrogens is 1. The van der Waals surface area contributed by atoms with E-state index in [-0.39, 0.29) is 16.5 Å². The van der Waals surface area contributed by atoms with Crippen molar-refractivity contribution in [3.63, 3.8) is 0 Å². The fourth-order valence-corrected chi connectivity index (χ4v) is 3.18. The second-order valence-corrected chi connectivity index (χ2v) is 6.85. The van der Waals surface area contributed by atoms with Crippen molar-refractivity contribution in [1.29, 1.82) is 0 Å². The topological polar surface area (TPSA) is 108 Å². The Bertz CT molecular complexity index is 636. The Balaban J connectivity index is 2.10. The highest BCUT2D eigenvalue weighted by atomic mass is 35.5. The third-order valence-corrected chi connectivity index (χ3v) is 4.82. The molecule has 0 unspecified atom stereocenters. The number of hydrogen-bond acceptors (Lipinski definition) is 5. The van der Waals surface area contributed by atoms with E-state index in [0.29, 0.717) is 26.1 Å². The van der Waals surface area contributed by atoms with Gasteiger partial charge in [0.05, 0.1) is 10.5 Å². The molecular formula is C11H15ClN2O5S. The van der Waals surface area contributed by atoms with Crippen LogP contribution < -0.4 is 10.3 Å². The lowest BCUT2D eigenvalue weighted by Gasteiger charge is -2.31. The summed E-state index contributed by atoms with van der Waals surface area (Å²) in [5, 5.41) is 9.98. The van der Waals surface area contributed by atoms with Crippen LogP contribution in [0.25, 0.3) is 0 Å². The average molecular weight is 323 g/mol. The summed E-state index contributed by atoms with van der Waals surface area (Å²) in [7, 11) is -3.84. The van der Waals surface area contributed by atoms with Crippen LogP contribution in [0.15, 0.2) is 22.0 Å². The van der Waals surface area contributed by atoms with E-state index < -0.39 is 21.2 Å². The van der Waals surface area contributed by atoms with Crippen LogP contribution in [0.2, 0.25) is 5.02 Å². The molecule has 1 aromatic heterocycles. The Labute approximate surface area is 121 Å². The van der Waals surface area contributed by atoms with Gasteiger partial charge in [-0.15, -0.1) is 0 Å². The highest BCUT2D eigenvalue weighted by Crippen LogP contribution is 2.20. The van der Waals surface area contributed by atoms with Crippen molar-refractivity contribution in [2.45, 2.75) is 23.3 Å². The Hall–Kier alpha value is -0.930. The number of rotatable bonds is 4. The van der Waals surface area contributed by atoms with Gasteiger partial charge in [-0.3, -0.25) is 4.79 Å². The monoisotopic (exact) mass is 322 g/mol. The molecule has 1 aliphatic rings. The molecule has 2 heterocycles. The van der Waals surface area contributed by atoms with Gasteiger partial charge in [0.2, 0.25) is 10.0 Å². The minimum atomic E-state index is -3.84. The predicted molar refractivity (Wildman–Crippen MR) is 72.3 cm³/mol. The quantitative estimate of drug-likeness (QED) is 0.714. The Kier molecular flexibility index (Phi) is 4.50. The summed E-state index contributed by atoms with van der Waals surface area (Å²) in [5.74, 6) is 0. The minimum Gasteiger partial charge on any atom is -0.388 e. The number of hydrogen-bond donors (Lipinski definition) is 3. The predicted octanol–water partition coefficient (Wildman–Crippen LogP) is -0.152. The number of aliphatic hydroxyl groups is 1. The van der Waals surface area contributed by atoms with Gasteiger partial charge in [-0.2, -0.15) is 0 Å². The van der Waals surface area contributed by atoms with Crippen molar-refractivity contribution >= 4 is 21.6 Å². The summed E-state index contributed by atoms with van der Waals surface area (Å²) in [6.45, 7) is 0.668. The van der Waals surface area contributed by atoms with Gasteiger partial charge in [-0.1, -0.05) is 11.6 Å². The summed E-state index contributed by atoms with van der Waals surface area (Å²) in [6.07, 6.45) is 1.79.